The summed E-state index contributed by atoms with van der Waals surface area (Å²) in [6.07, 6.45) is 1.96. The van der Waals surface area contributed by atoms with Crippen molar-refractivity contribution in [3.8, 4) is 16.9 Å². The molecule has 3 aromatic rings. The highest BCUT2D eigenvalue weighted by Gasteiger charge is 2.05. The number of aromatic nitrogens is 3. The van der Waals surface area contributed by atoms with Crippen molar-refractivity contribution >= 4 is 0 Å². The molecule has 1 heterocycles. The second-order valence-corrected chi connectivity index (χ2v) is 4.75. The van der Waals surface area contributed by atoms with Gasteiger partial charge in [0.1, 0.15) is 5.69 Å². The number of hydrogen-bond acceptors (Lipinski definition) is 2. The number of benzene rings is 2. The molecule has 0 bridgehead atoms. The van der Waals surface area contributed by atoms with Crippen LogP contribution >= 0.6 is 0 Å². The summed E-state index contributed by atoms with van der Waals surface area (Å²) in [6.45, 7) is 4.15. The van der Waals surface area contributed by atoms with Gasteiger partial charge in [0, 0.05) is 5.56 Å². The minimum Gasteiger partial charge on any atom is -0.220 e. The van der Waals surface area contributed by atoms with E-state index < -0.39 is 0 Å². The first-order valence-corrected chi connectivity index (χ1v) is 6.29. The molecule has 0 aliphatic heterocycles. The van der Waals surface area contributed by atoms with E-state index in [1.54, 1.807) is 0 Å². The van der Waals surface area contributed by atoms with E-state index in [2.05, 4.69) is 60.6 Å². The molecule has 19 heavy (non-hydrogen) atoms. The predicted octanol–water partition coefficient (Wildman–Crippen LogP) is 3.55. The quantitative estimate of drug-likeness (QED) is 0.695. The third kappa shape index (κ3) is 2.40. The average Bonchev–Trinajstić information content (AvgIpc) is 2.89. The van der Waals surface area contributed by atoms with Gasteiger partial charge in [0.15, 0.2) is 0 Å². The number of rotatable bonds is 2. The van der Waals surface area contributed by atoms with Gasteiger partial charge in [-0.3, -0.25) is 0 Å². The van der Waals surface area contributed by atoms with Gasteiger partial charge in [-0.15, -0.1) is 5.10 Å². The summed E-state index contributed by atoms with van der Waals surface area (Å²) in [5, 5.41) is 8.43. The van der Waals surface area contributed by atoms with Crippen LogP contribution in [0, 0.1) is 13.8 Å². The van der Waals surface area contributed by atoms with Crippen LogP contribution in [0.15, 0.2) is 54.7 Å². The fourth-order valence-electron chi connectivity index (χ4n) is 2.02. The van der Waals surface area contributed by atoms with E-state index in [9.17, 15) is 0 Å². The van der Waals surface area contributed by atoms with Gasteiger partial charge >= 0.3 is 0 Å². The van der Waals surface area contributed by atoms with Gasteiger partial charge < -0.3 is 0 Å². The first kappa shape index (κ1) is 11.7. The lowest BCUT2D eigenvalue weighted by atomic mass is 10.1. The Kier molecular flexibility index (Phi) is 2.88. The zero-order valence-corrected chi connectivity index (χ0v) is 11.0. The maximum atomic E-state index is 4.24. The first-order valence-electron chi connectivity index (χ1n) is 6.29. The fraction of sp³-hybridized carbons (Fsp3) is 0.125. The van der Waals surface area contributed by atoms with Gasteiger partial charge in [-0.25, -0.2) is 4.68 Å². The average molecular weight is 249 g/mol. The lowest BCUT2D eigenvalue weighted by Gasteiger charge is -2.00. The highest BCUT2D eigenvalue weighted by Crippen LogP contribution is 2.18. The summed E-state index contributed by atoms with van der Waals surface area (Å²) in [7, 11) is 0. The molecular weight excluding hydrogens is 234 g/mol. The molecule has 1 aromatic heterocycles. The van der Waals surface area contributed by atoms with E-state index in [-0.39, 0.29) is 0 Å². The second-order valence-electron chi connectivity index (χ2n) is 4.75. The summed E-state index contributed by atoms with van der Waals surface area (Å²) in [5.74, 6) is 0. The maximum Gasteiger partial charge on any atom is 0.113 e. The molecule has 0 radical (unpaired) electrons. The van der Waals surface area contributed by atoms with Gasteiger partial charge in [0.2, 0.25) is 0 Å². The third-order valence-corrected chi connectivity index (χ3v) is 3.11. The van der Waals surface area contributed by atoms with E-state index >= 15 is 0 Å². The van der Waals surface area contributed by atoms with E-state index in [1.165, 1.54) is 11.1 Å². The number of hydrogen-bond donors (Lipinski definition) is 0. The smallest absolute Gasteiger partial charge is 0.113 e. The Balaban J connectivity index is 1.97. The SMILES string of the molecule is Cc1ccc(-c2cn(-c3cccc(C)c3)nn2)cc1. The van der Waals surface area contributed by atoms with Crippen LogP contribution in [0.4, 0.5) is 0 Å². The van der Waals surface area contributed by atoms with Crippen molar-refractivity contribution in [1.82, 2.24) is 15.0 Å². The van der Waals surface area contributed by atoms with E-state index in [0.717, 1.165) is 16.9 Å². The minimum absolute atomic E-state index is 0.890. The Morgan fingerprint density at radius 1 is 0.895 bits per heavy atom. The Hall–Kier alpha value is -2.42. The molecule has 0 N–H and O–H groups in total. The number of aryl methyl sites for hydroxylation is 2. The van der Waals surface area contributed by atoms with Gasteiger partial charge in [0.05, 0.1) is 11.9 Å². The molecule has 0 spiro atoms. The molecule has 0 unspecified atom stereocenters. The van der Waals surface area contributed by atoms with E-state index in [1.807, 2.05) is 23.0 Å². The summed E-state index contributed by atoms with van der Waals surface area (Å²) in [4.78, 5) is 0. The molecule has 0 saturated heterocycles. The van der Waals surface area contributed by atoms with Gasteiger partial charge in [-0.2, -0.15) is 0 Å². The van der Waals surface area contributed by atoms with Crippen molar-refractivity contribution < 1.29 is 0 Å². The van der Waals surface area contributed by atoms with Crippen LogP contribution in [0.1, 0.15) is 11.1 Å². The molecule has 2 aromatic carbocycles. The van der Waals surface area contributed by atoms with Crippen molar-refractivity contribution in [2.75, 3.05) is 0 Å². The van der Waals surface area contributed by atoms with E-state index in [0.29, 0.717) is 0 Å². The molecule has 0 fully saturated rings. The summed E-state index contributed by atoms with van der Waals surface area (Å²) in [6, 6.07) is 16.5. The molecule has 0 saturated carbocycles. The van der Waals surface area contributed by atoms with Crippen LogP contribution < -0.4 is 0 Å². The van der Waals surface area contributed by atoms with Crippen molar-refractivity contribution in [1.29, 1.82) is 0 Å². The zero-order chi connectivity index (χ0) is 13.2. The third-order valence-electron chi connectivity index (χ3n) is 3.11. The van der Waals surface area contributed by atoms with Crippen molar-refractivity contribution in [2.45, 2.75) is 13.8 Å². The lowest BCUT2D eigenvalue weighted by Crippen LogP contribution is -1.94. The second kappa shape index (κ2) is 4.69. The summed E-state index contributed by atoms with van der Waals surface area (Å²) < 4.78 is 1.81. The highest BCUT2D eigenvalue weighted by molar-refractivity contribution is 5.58. The molecule has 0 atom stereocenters. The summed E-state index contributed by atoms with van der Waals surface area (Å²) in [5.41, 5.74) is 5.47. The minimum atomic E-state index is 0.890. The van der Waals surface area contributed by atoms with Crippen LogP contribution in [0.25, 0.3) is 16.9 Å². The largest absolute Gasteiger partial charge is 0.220 e. The number of nitrogens with zero attached hydrogens (tertiary/aromatic N) is 3. The molecule has 3 rings (SSSR count). The van der Waals surface area contributed by atoms with Crippen molar-refractivity contribution in [3.63, 3.8) is 0 Å². The van der Waals surface area contributed by atoms with Crippen molar-refractivity contribution in [3.05, 3.63) is 65.9 Å². The van der Waals surface area contributed by atoms with Gasteiger partial charge in [-0.05, 0) is 31.5 Å². The predicted molar refractivity (Wildman–Crippen MR) is 76.3 cm³/mol. The highest BCUT2D eigenvalue weighted by atomic mass is 15.4. The Morgan fingerprint density at radius 2 is 1.68 bits per heavy atom. The Labute approximate surface area is 112 Å². The molecule has 0 amide bonds. The standard InChI is InChI=1S/C16H15N3/c1-12-6-8-14(9-7-12)16-11-19(18-17-16)15-5-3-4-13(2)10-15/h3-11H,1-2H3. The van der Waals surface area contributed by atoms with Gasteiger partial charge in [-0.1, -0.05) is 47.2 Å². The molecule has 3 heteroatoms. The van der Waals surface area contributed by atoms with Crippen LogP contribution in [0.2, 0.25) is 0 Å². The molecule has 0 aliphatic carbocycles. The monoisotopic (exact) mass is 249 g/mol. The first-order chi connectivity index (χ1) is 9.22. The van der Waals surface area contributed by atoms with Crippen LogP contribution in [-0.2, 0) is 0 Å². The molecule has 3 nitrogen and oxygen atoms in total. The van der Waals surface area contributed by atoms with Crippen LogP contribution in [0.5, 0.6) is 0 Å². The lowest BCUT2D eigenvalue weighted by molar-refractivity contribution is 0.803. The van der Waals surface area contributed by atoms with E-state index in [4.69, 9.17) is 0 Å². The summed E-state index contributed by atoms with van der Waals surface area (Å²) >= 11 is 0. The zero-order valence-electron chi connectivity index (χ0n) is 11.0. The van der Waals surface area contributed by atoms with Crippen LogP contribution in [-0.4, -0.2) is 15.0 Å². The normalized spacial score (nSPS) is 10.6. The fourth-order valence-corrected chi connectivity index (χ4v) is 2.02. The van der Waals surface area contributed by atoms with Crippen molar-refractivity contribution in [2.24, 2.45) is 0 Å². The molecule has 0 aliphatic rings. The topological polar surface area (TPSA) is 30.7 Å². The Bertz CT molecular complexity index is 696. The Morgan fingerprint density at radius 3 is 2.42 bits per heavy atom. The van der Waals surface area contributed by atoms with Crippen LogP contribution in [0.3, 0.4) is 0 Å². The molecule has 94 valence electrons. The maximum absolute atomic E-state index is 4.24. The molecular formula is C16H15N3. The van der Waals surface area contributed by atoms with Gasteiger partial charge in [0.25, 0.3) is 0 Å².